The van der Waals surface area contributed by atoms with Crippen LogP contribution in [0.1, 0.15) is 91.4 Å². The van der Waals surface area contributed by atoms with Gasteiger partial charge in [-0.05, 0) is 117 Å². The van der Waals surface area contributed by atoms with E-state index in [0.29, 0.717) is 62.3 Å². The average molecular weight is 523 g/mol. The van der Waals surface area contributed by atoms with E-state index in [1.54, 1.807) is 0 Å². The molecule has 4 rings (SSSR count). The second kappa shape index (κ2) is 11.1. The molecule has 212 valence electrons. The number of aliphatic hydroxyl groups excluding tert-OH is 3. The predicted octanol–water partition coefficient (Wildman–Crippen LogP) is 2.67. The second-order valence-corrected chi connectivity index (χ2v) is 13.4. The summed E-state index contributed by atoms with van der Waals surface area (Å²) in [7, 11) is 0. The van der Waals surface area contributed by atoms with Crippen molar-refractivity contribution in [2.75, 3.05) is 6.54 Å². The number of nitrogens with two attached hydrogens (primary N) is 1. The van der Waals surface area contributed by atoms with Crippen molar-refractivity contribution in [3.8, 4) is 0 Å². The lowest BCUT2D eigenvalue weighted by Crippen LogP contribution is -2.64. The summed E-state index contributed by atoms with van der Waals surface area (Å²) >= 11 is 0. The normalized spacial score (nSPS) is 44.7. The lowest BCUT2D eigenvalue weighted by atomic mass is 9.43. The molecule has 4 aliphatic carbocycles. The molecule has 0 unspecified atom stereocenters. The molecule has 0 aromatic carbocycles. The predicted molar refractivity (Wildman–Crippen MR) is 140 cm³/mol. The monoisotopic (exact) mass is 522 g/mol. The number of fused-ring (bicyclic) bond motifs is 5. The molecule has 0 aromatic heterocycles. The number of aliphatic carboxylic acids is 1. The minimum absolute atomic E-state index is 0.0454. The Morgan fingerprint density at radius 1 is 0.946 bits per heavy atom. The van der Waals surface area contributed by atoms with Crippen LogP contribution >= 0.6 is 0 Å². The van der Waals surface area contributed by atoms with Crippen LogP contribution in [0.25, 0.3) is 0 Å². The van der Waals surface area contributed by atoms with E-state index in [-0.39, 0.29) is 34.7 Å². The van der Waals surface area contributed by atoms with Gasteiger partial charge in [0.25, 0.3) is 0 Å². The summed E-state index contributed by atoms with van der Waals surface area (Å²) in [6.45, 7) is 7.28. The summed E-state index contributed by atoms with van der Waals surface area (Å²) in [5.74, 6) is 0.233. The summed E-state index contributed by atoms with van der Waals surface area (Å²) < 4.78 is 0. The Hall–Kier alpha value is -1.22. The van der Waals surface area contributed by atoms with Crippen molar-refractivity contribution in [2.24, 2.45) is 52.1 Å². The van der Waals surface area contributed by atoms with Crippen LogP contribution in [-0.4, -0.2) is 63.2 Å². The van der Waals surface area contributed by atoms with Gasteiger partial charge in [0.05, 0.1) is 18.3 Å². The van der Waals surface area contributed by atoms with E-state index in [1.807, 2.05) is 0 Å². The minimum atomic E-state index is -1.02. The van der Waals surface area contributed by atoms with Crippen molar-refractivity contribution in [1.82, 2.24) is 5.32 Å². The molecule has 8 nitrogen and oxygen atoms in total. The zero-order valence-electron chi connectivity index (χ0n) is 22.9. The molecular weight excluding hydrogens is 472 g/mol. The van der Waals surface area contributed by atoms with Crippen molar-refractivity contribution in [1.29, 1.82) is 0 Å². The fourth-order valence-electron chi connectivity index (χ4n) is 9.62. The number of carboxylic acids is 1. The zero-order chi connectivity index (χ0) is 27.1. The molecule has 8 heteroatoms. The smallest absolute Gasteiger partial charge is 0.326 e. The van der Waals surface area contributed by atoms with E-state index < -0.39 is 24.2 Å². The number of hydrogen-bond acceptors (Lipinski definition) is 6. The highest BCUT2D eigenvalue weighted by molar-refractivity contribution is 5.83. The lowest BCUT2D eigenvalue weighted by molar-refractivity contribution is -0.223. The number of carboxylic acid groups (broad SMARTS) is 1. The molecular formula is C29H50N2O6. The summed E-state index contributed by atoms with van der Waals surface area (Å²) in [6, 6.07) is -0.889. The average Bonchev–Trinajstić information content (AvgIpc) is 3.21. The Bertz CT molecular complexity index is 839. The van der Waals surface area contributed by atoms with Gasteiger partial charge in [-0.15, -0.1) is 0 Å². The van der Waals surface area contributed by atoms with Crippen molar-refractivity contribution >= 4 is 11.9 Å². The van der Waals surface area contributed by atoms with Crippen LogP contribution in [0.15, 0.2) is 0 Å². The number of rotatable bonds is 9. The molecule has 0 saturated heterocycles. The molecule has 0 spiro atoms. The Labute approximate surface area is 221 Å². The van der Waals surface area contributed by atoms with Crippen LogP contribution < -0.4 is 11.1 Å². The molecule has 37 heavy (non-hydrogen) atoms. The largest absolute Gasteiger partial charge is 0.480 e. The summed E-state index contributed by atoms with van der Waals surface area (Å²) in [5, 5.41) is 45.0. The van der Waals surface area contributed by atoms with Crippen molar-refractivity contribution in [3.63, 3.8) is 0 Å². The van der Waals surface area contributed by atoms with Crippen molar-refractivity contribution in [2.45, 2.75) is 116 Å². The Balaban J connectivity index is 1.42. The Kier molecular flexibility index (Phi) is 8.64. The Morgan fingerprint density at radius 3 is 2.30 bits per heavy atom. The SMILES string of the molecule is C[C@H](CCC(=O)N[C@@H](CCCN)C(=O)O)[C@H]1CC[C@H]2[C@@H]3[C@H](O)[C@H](O)[C@@H]4C[C@H](O)CC[C@]4(C)[C@H]3CC[C@]12C. The maximum atomic E-state index is 12.6. The van der Waals surface area contributed by atoms with E-state index in [4.69, 9.17) is 5.73 Å². The number of nitrogens with one attached hydrogen (secondary N) is 1. The first-order valence-corrected chi connectivity index (χ1v) is 14.7. The maximum Gasteiger partial charge on any atom is 0.326 e. The third-order valence-corrected chi connectivity index (χ3v) is 11.6. The molecule has 1 amide bonds. The van der Waals surface area contributed by atoms with Crippen molar-refractivity contribution < 1.29 is 30.0 Å². The summed E-state index contributed by atoms with van der Waals surface area (Å²) in [5.41, 5.74) is 5.51. The van der Waals surface area contributed by atoms with Crippen LogP contribution in [0.3, 0.4) is 0 Å². The van der Waals surface area contributed by atoms with E-state index in [2.05, 4.69) is 26.1 Å². The van der Waals surface area contributed by atoms with Gasteiger partial charge in [0.1, 0.15) is 6.04 Å². The first-order chi connectivity index (χ1) is 17.4. The van der Waals surface area contributed by atoms with Gasteiger partial charge in [0, 0.05) is 6.42 Å². The topological polar surface area (TPSA) is 153 Å². The van der Waals surface area contributed by atoms with Gasteiger partial charge < -0.3 is 31.5 Å². The standard InChI is InChI=1S/C29H50N2O6/c1-16(6-9-23(33)31-22(27(36)37)5-4-14-30)18-7-8-19-24-20(11-13-28(18,19)2)29(3)12-10-17(32)15-21(29)25(34)26(24)35/h16-22,24-26,32,34-35H,4-15,30H2,1-3H3,(H,31,33)(H,36,37)/t16-,17-,18-,19+,20+,21+,22+,24+,25-,26+,28-,29-/m1/s1. The fraction of sp³-hybridized carbons (Fsp3) is 0.931. The third kappa shape index (κ3) is 5.20. The Morgan fingerprint density at radius 2 is 1.62 bits per heavy atom. The minimum Gasteiger partial charge on any atom is -0.480 e. The van der Waals surface area contributed by atoms with Gasteiger partial charge in [-0.2, -0.15) is 0 Å². The molecule has 0 bridgehead atoms. The van der Waals surface area contributed by atoms with Crippen LogP contribution in [-0.2, 0) is 9.59 Å². The fourth-order valence-corrected chi connectivity index (χ4v) is 9.62. The summed E-state index contributed by atoms with van der Waals surface area (Å²) in [4.78, 5) is 24.1. The summed E-state index contributed by atoms with van der Waals surface area (Å²) in [6.07, 6.45) is 6.47. The van der Waals surface area contributed by atoms with Gasteiger partial charge in [0.15, 0.2) is 0 Å². The molecule has 4 fully saturated rings. The van der Waals surface area contributed by atoms with Gasteiger partial charge in [-0.1, -0.05) is 20.8 Å². The molecule has 0 aromatic rings. The zero-order valence-corrected chi connectivity index (χ0v) is 22.9. The molecule has 0 aliphatic heterocycles. The van der Waals surface area contributed by atoms with Crippen LogP contribution in [0.4, 0.5) is 0 Å². The van der Waals surface area contributed by atoms with Gasteiger partial charge in [0.2, 0.25) is 5.91 Å². The highest BCUT2D eigenvalue weighted by Crippen LogP contribution is 2.68. The molecule has 0 heterocycles. The first-order valence-electron chi connectivity index (χ1n) is 14.7. The quantitative estimate of drug-likeness (QED) is 0.272. The highest BCUT2D eigenvalue weighted by atomic mass is 16.4. The third-order valence-electron chi connectivity index (χ3n) is 11.6. The lowest BCUT2D eigenvalue weighted by Gasteiger charge is -2.63. The van der Waals surface area contributed by atoms with E-state index >= 15 is 0 Å². The van der Waals surface area contributed by atoms with Crippen LogP contribution in [0.5, 0.6) is 0 Å². The van der Waals surface area contributed by atoms with E-state index in [9.17, 15) is 30.0 Å². The molecule has 7 N–H and O–H groups in total. The second-order valence-electron chi connectivity index (χ2n) is 13.4. The van der Waals surface area contributed by atoms with Gasteiger partial charge >= 0.3 is 5.97 Å². The number of amides is 1. The van der Waals surface area contributed by atoms with Gasteiger partial charge in [-0.25, -0.2) is 4.79 Å². The first kappa shape index (κ1) is 28.8. The number of aliphatic hydroxyl groups is 3. The van der Waals surface area contributed by atoms with E-state index in [0.717, 1.165) is 38.5 Å². The highest BCUT2D eigenvalue weighted by Gasteiger charge is 2.65. The maximum absolute atomic E-state index is 12.6. The van der Waals surface area contributed by atoms with E-state index in [1.165, 1.54) is 0 Å². The van der Waals surface area contributed by atoms with Gasteiger partial charge in [-0.3, -0.25) is 4.79 Å². The molecule has 4 aliphatic rings. The number of hydrogen-bond donors (Lipinski definition) is 6. The van der Waals surface area contributed by atoms with Crippen LogP contribution in [0.2, 0.25) is 0 Å². The molecule has 0 radical (unpaired) electrons. The molecule has 4 saturated carbocycles. The number of carbonyl (C=O) groups excluding carboxylic acids is 1. The van der Waals surface area contributed by atoms with Crippen LogP contribution in [0, 0.1) is 46.3 Å². The van der Waals surface area contributed by atoms with Crippen molar-refractivity contribution in [3.05, 3.63) is 0 Å². The number of carbonyl (C=O) groups is 2. The molecule has 12 atom stereocenters.